The Labute approximate surface area is 148 Å². The normalized spacial score (nSPS) is 16.9. The van der Waals surface area contributed by atoms with Gasteiger partial charge in [-0.1, -0.05) is 19.0 Å². The number of hydrogen-bond acceptors (Lipinski definition) is 5. The first-order valence-corrected chi connectivity index (χ1v) is 9.08. The molecule has 0 unspecified atom stereocenters. The van der Waals surface area contributed by atoms with Crippen molar-refractivity contribution in [2.75, 3.05) is 0 Å². The lowest BCUT2D eigenvalue weighted by atomic mass is 9.94. The van der Waals surface area contributed by atoms with Gasteiger partial charge in [0, 0.05) is 12.6 Å². The summed E-state index contributed by atoms with van der Waals surface area (Å²) in [6.07, 6.45) is 5.74. The monoisotopic (exact) mass is 345 g/mol. The lowest BCUT2D eigenvalue weighted by Crippen LogP contribution is -2.46. The molecule has 1 aliphatic rings. The van der Waals surface area contributed by atoms with E-state index < -0.39 is 5.54 Å². The quantitative estimate of drug-likeness (QED) is 0.832. The lowest BCUT2D eigenvalue weighted by Gasteiger charge is -2.27. The zero-order valence-electron chi connectivity index (χ0n) is 15.7. The van der Waals surface area contributed by atoms with Gasteiger partial charge in [0.25, 0.3) is 5.91 Å². The Morgan fingerprint density at radius 2 is 2.08 bits per heavy atom. The third-order valence-corrected chi connectivity index (χ3v) is 5.34. The molecular weight excluding hydrogens is 318 g/mol. The number of nitrogens with zero attached hydrogens (tertiary/aromatic N) is 4. The highest BCUT2D eigenvalue weighted by molar-refractivity contribution is 5.95. The van der Waals surface area contributed by atoms with Gasteiger partial charge in [0.05, 0.1) is 17.8 Å². The second-order valence-electron chi connectivity index (χ2n) is 7.13. The van der Waals surface area contributed by atoms with Gasteiger partial charge >= 0.3 is 0 Å². The van der Waals surface area contributed by atoms with E-state index in [1.165, 1.54) is 0 Å². The molecule has 0 saturated heterocycles. The molecule has 0 aliphatic heterocycles. The topological polar surface area (TPSA) is 85.8 Å². The Morgan fingerprint density at radius 1 is 1.40 bits per heavy atom. The Hall–Kier alpha value is -2.18. The number of carbonyl (C=O) groups is 1. The highest BCUT2D eigenvalue weighted by Gasteiger charge is 2.47. The van der Waals surface area contributed by atoms with E-state index in [4.69, 9.17) is 4.52 Å². The van der Waals surface area contributed by atoms with Crippen LogP contribution in [0.3, 0.4) is 0 Å². The van der Waals surface area contributed by atoms with Crippen molar-refractivity contribution in [3.8, 4) is 0 Å². The Bertz CT molecular complexity index is 757. The van der Waals surface area contributed by atoms with Crippen LogP contribution >= 0.6 is 0 Å². The zero-order valence-corrected chi connectivity index (χ0v) is 15.7. The molecule has 1 fully saturated rings. The summed E-state index contributed by atoms with van der Waals surface area (Å²) in [7, 11) is 0. The molecule has 2 aromatic rings. The Morgan fingerprint density at radius 3 is 2.60 bits per heavy atom. The molecule has 136 valence electrons. The predicted molar refractivity (Wildman–Crippen MR) is 93.2 cm³/mol. The van der Waals surface area contributed by atoms with Gasteiger partial charge in [-0.15, -0.1) is 0 Å². The fourth-order valence-corrected chi connectivity index (χ4v) is 3.46. The second kappa shape index (κ2) is 6.61. The SMILES string of the molecule is CCC(CC)n1ncc(C(=O)N[C@@](C)(c2noc(C)n2)C2CC2)c1C. The van der Waals surface area contributed by atoms with E-state index in [-0.39, 0.29) is 5.91 Å². The van der Waals surface area contributed by atoms with Crippen LogP contribution in [0.2, 0.25) is 0 Å². The summed E-state index contributed by atoms with van der Waals surface area (Å²) >= 11 is 0. The van der Waals surface area contributed by atoms with E-state index in [0.29, 0.717) is 29.2 Å². The summed E-state index contributed by atoms with van der Waals surface area (Å²) in [4.78, 5) is 17.3. The van der Waals surface area contributed by atoms with E-state index >= 15 is 0 Å². The molecule has 1 atom stereocenters. The maximum absolute atomic E-state index is 13.0. The first-order chi connectivity index (χ1) is 11.9. The molecule has 1 saturated carbocycles. The van der Waals surface area contributed by atoms with Crippen molar-refractivity contribution in [2.24, 2.45) is 5.92 Å². The van der Waals surface area contributed by atoms with Crippen LogP contribution in [0.15, 0.2) is 10.7 Å². The van der Waals surface area contributed by atoms with Crippen LogP contribution < -0.4 is 5.32 Å². The van der Waals surface area contributed by atoms with Crippen molar-refractivity contribution in [3.05, 3.63) is 29.2 Å². The maximum atomic E-state index is 13.0. The molecule has 0 aromatic carbocycles. The average molecular weight is 345 g/mol. The molecule has 1 N–H and O–H groups in total. The van der Waals surface area contributed by atoms with Gasteiger partial charge in [-0.25, -0.2) is 0 Å². The number of amides is 1. The Kier molecular flexibility index (Phi) is 4.67. The highest BCUT2D eigenvalue weighted by atomic mass is 16.5. The van der Waals surface area contributed by atoms with Crippen molar-refractivity contribution in [2.45, 2.75) is 71.9 Å². The third kappa shape index (κ3) is 3.19. The number of hydrogen-bond donors (Lipinski definition) is 1. The minimum Gasteiger partial charge on any atom is -0.340 e. The summed E-state index contributed by atoms with van der Waals surface area (Å²) in [5.74, 6) is 1.26. The van der Waals surface area contributed by atoms with E-state index in [2.05, 4.69) is 34.4 Å². The second-order valence-corrected chi connectivity index (χ2v) is 7.13. The smallest absolute Gasteiger partial charge is 0.255 e. The Balaban J connectivity index is 1.86. The van der Waals surface area contributed by atoms with Crippen LogP contribution in [0, 0.1) is 19.8 Å². The fourth-order valence-electron chi connectivity index (χ4n) is 3.46. The van der Waals surface area contributed by atoms with Crippen LogP contribution in [-0.2, 0) is 5.54 Å². The highest BCUT2D eigenvalue weighted by Crippen LogP contribution is 2.44. The van der Waals surface area contributed by atoms with Crippen molar-refractivity contribution >= 4 is 5.91 Å². The van der Waals surface area contributed by atoms with Gasteiger partial charge in [0.2, 0.25) is 5.89 Å². The number of rotatable bonds is 7. The van der Waals surface area contributed by atoms with Crippen LogP contribution in [0.1, 0.15) is 80.3 Å². The molecule has 3 rings (SSSR count). The molecule has 0 spiro atoms. The number of carbonyl (C=O) groups excluding carboxylic acids is 1. The maximum Gasteiger partial charge on any atom is 0.255 e. The summed E-state index contributed by atoms with van der Waals surface area (Å²) in [6.45, 7) is 9.96. The van der Waals surface area contributed by atoms with Crippen LogP contribution in [0.4, 0.5) is 0 Å². The van der Waals surface area contributed by atoms with Gasteiger partial charge in [0.15, 0.2) is 5.82 Å². The fraction of sp³-hybridized carbons (Fsp3) is 0.667. The van der Waals surface area contributed by atoms with Crippen LogP contribution in [0.25, 0.3) is 0 Å². The van der Waals surface area contributed by atoms with Gasteiger partial charge in [-0.2, -0.15) is 10.1 Å². The minimum atomic E-state index is -0.613. The number of aryl methyl sites for hydroxylation is 1. The number of nitrogens with one attached hydrogen (secondary N) is 1. The van der Waals surface area contributed by atoms with Crippen molar-refractivity contribution in [1.29, 1.82) is 0 Å². The molecule has 7 heteroatoms. The number of aromatic nitrogens is 4. The van der Waals surface area contributed by atoms with E-state index in [1.54, 1.807) is 13.1 Å². The summed E-state index contributed by atoms with van der Waals surface area (Å²) in [6, 6.07) is 0.316. The summed E-state index contributed by atoms with van der Waals surface area (Å²) in [5, 5.41) is 11.7. The van der Waals surface area contributed by atoms with Crippen LogP contribution in [-0.4, -0.2) is 25.8 Å². The summed E-state index contributed by atoms with van der Waals surface area (Å²) in [5.41, 5.74) is 0.894. The first kappa shape index (κ1) is 17.6. The first-order valence-electron chi connectivity index (χ1n) is 9.08. The van der Waals surface area contributed by atoms with Crippen molar-refractivity contribution in [3.63, 3.8) is 0 Å². The zero-order chi connectivity index (χ0) is 18.2. The molecule has 2 heterocycles. The van der Waals surface area contributed by atoms with Crippen molar-refractivity contribution < 1.29 is 9.32 Å². The molecule has 1 aliphatic carbocycles. The lowest BCUT2D eigenvalue weighted by molar-refractivity contribution is 0.0884. The largest absolute Gasteiger partial charge is 0.340 e. The van der Waals surface area contributed by atoms with Gasteiger partial charge in [-0.05, 0) is 45.4 Å². The van der Waals surface area contributed by atoms with Gasteiger partial charge in [0.1, 0.15) is 5.54 Å². The molecule has 2 aromatic heterocycles. The van der Waals surface area contributed by atoms with E-state index in [1.807, 2.05) is 18.5 Å². The average Bonchev–Trinajstić information content (AvgIpc) is 3.25. The predicted octanol–water partition coefficient (Wildman–Crippen LogP) is 3.30. The van der Waals surface area contributed by atoms with E-state index in [9.17, 15) is 4.79 Å². The molecule has 0 radical (unpaired) electrons. The standard InChI is InChI=1S/C18H27N5O2/c1-6-14(7-2)23-11(3)15(10-19-23)16(24)21-18(5,13-8-9-13)17-20-12(4)25-22-17/h10,13-14H,6-9H2,1-5H3,(H,21,24)/t18-/m1/s1. The van der Waals surface area contributed by atoms with Crippen LogP contribution in [0.5, 0.6) is 0 Å². The molecule has 25 heavy (non-hydrogen) atoms. The molecular formula is C18H27N5O2. The van der Waals surface area contributed by atoms with Gasteiger partial charge in [-0.3, -0.25) is 9.48 Å². The molecule has 7 nitrogen and oxygen atoms in total. The van der Waals surface area contributed by atoms with Crippen molar-refractivity contribution in [1.82, 2.24) is 25.2 Å². The third-order valence-electron chi connectivity index (χ3n) is 5.34. The summed E-state index contributed by atoms with van der Waals surface area (Å²) < 4.78 is 7.10. The molecule has 0 bridgehead atoms. The molecule has 1 amide bonds. The van der Waals surface area contributed by atoms with E-state index in [0.717, 1.165) is 31.4 Å². The van der Waals surface area contributed by atoms with Gasteiger partial charge < -0.3 is 9.84 Å². The minimum absolute atomic E-state index is 0.133.